The van der Waals surface area contributed by atoms with E-state index in [4.69, 9.17) is 14.5 Å². The quantitative estimate of drug-likeness (QED) is 0.197. The number of aromatic nitrogens is 4. The molecule has 3 heterocycles. The highest BCUT2D eigenvalue weighted by Gasteiger charge is 2.26. The molecule has 1 aliphatic rings. The Bertz CT molecular complexity index is 1950. The van der Waals surface area contributed by atoms with Gasteiger partial charge in [0, 0.05) is 30.4 Å². The van der Waals surface area contributed by atoms with Crippen molar-refractivity contribution in [3.8, 4) is 34.0 Å². The third kappa shape index (κ3) is 6.57. The van der Waals surface area contributed by atoms with Crippen LogP contribution in [0.15, 0.2) is 80.8 Å². The Morgan fingerprint density at radius 1 is 1.00 bits per heavy atom. The highest BCUT2D eigenvalue weighted by molar-refractivity contribution is 5.80. The van der Waals surface area contributed by atoms with E-state index in [1.807, 2.05) is 50.2 Å². The number of H-pyrrole nitrogens is 1. The van der Waals surface area contributed by atoms with Gasteiger partial charge in [-0.2, -0.15) is 0 Å². The van der Waals surface area contributed by atoms with Gasteiger partial charge in [0.1, 0.15) is 23.5 Å². The van der Waals surface area contributed by atoms with Crippen LogP contribution in [0.3, 0.4) is 0 Å². The van der Waals surface area contributed by atoms with E-state index in [1.54, 1.807) is 28.8 Å². The fraction of sp³-hybridized carbons (Fsp3) is 0.333. The molecule has 3 atom stereocenters. The van der Waals surface area contributed by atoms with Crippen molar-refractivity contribution >= 4 is 0 Å². The van der Waals surface area contributed by atoms with Gasteiger partial charge in [-0.1, -0.05) is 54.9 Å². The Labute approximate surface area is 266 Å². The minimum absolute atomic E-state index is 0.0665. The second kappa shape index (κ2) is 13.3. The van der Waals surface area contributed by atoms with Crippen LogP contribution in [-0.4, -0.2) is 38.0 Å². The summed E-state index contributed by atoms with van der Waals surface area (Å²) in [7, 11) is 0. The summed E-state index contributed by atoms with van der Waals surface area (Å²) in [6.07, 6.45) is 3.48. The molecule has 1 saturated heterocycles. The maximum atomic E-state index is 15.8. The summed E-state index contributed by atoms with van der Waals surface area (Å²) < 4.78 is 34.1. The smallest absolute Gasteiger partial charge is 0.439 e. The Hall–Kier alpha value is -4.83. The molecule has 46 heavy (non-hydrogen) atoms. The molecule has 238 valence electrons. The Morgan fingerprint density at radius 3 is 2.37 bits per heavy atom. The van der Waals surface area contributed by atoms with Gasteiger partial charge >= 0.3 is 5.76 Å². The summed E-state index contributed by atoms with van der Waals surface area (Å²) in [5.41, 5.74) is 3.84. The van der Waals surface area contributed by atoms with Crippen molar-refractivity contribution < 1.29 is 18.4 Å². The van der Waals surface area contributed by atoms with Crippen LogP contribution < -0.4 is 16.1 Å². The molecule has 10 heteroatoms. The molecule has 5 aromatic rings. The van der Waals surface area contributed by atoms with Crippen molar-refractivity contribution in [1.29, 1.82) is 0 Å². The number of ether oxygens (including phenoxy) is 2. The van der Waals surface area contributed by atoms with Crippen LogP contribution in [0.4, 0.5) is 4.39 Å². The lowest BCUT2D eigenvalue weighted by Gasteiger charge is -2.32. The van der Waals surface area contributed by atoms with Gasteiger partial charge in [-0.15, -0.1) is 0 Å². The fourth-order valence-corrected chi connectivity index (χ4v) is 6.29. The Kier molecular flexibility index (Phi) is 8.99. The van der Waals surface area contributed by atoms with Gasteiger partial charge in [-0.3, -0.25) is 18.9 Å². The maximum absolute atomic E-state index is 15.8. The van der Waals surface area contributed by atoms with Crippen LogP contribution in [0, 0.1) is 12.7 Å². The van der Waals surface area contributed by atoms with Crippen LogP contribution in [0.5, 0.6) is 5.75 Å². The van der Waals surface area contributed by atoms with Crippen molar-refractivity contribution in [2.24, 2.45) is 0 Å². The van der Waals surface area contributed by atoms with Crippen molar-refractivity contribution in [3.63, 3.8) is 0 Å². The second-order valence-electron chi connectivity index (χ2n) is 11.9. The van der Waals surface area contributed by atoms with Crippen LogP contribution >= 0.6 is 0 Å². The molecular formula is C36H37FN4O5. The summed E-state index contributed by atoms with van der Waals surface area (Å²) in [6.45, 7) is 7.95. The average molecular weight is 625 g/mol. The fourth-order valence-electron chi connectivity index (χ4n) is 6.29. The monoisotopic (exact) mass is 624 g/mol. The first kappa shape index (κ1) is 31.2. The highest BCUT2D eigenvalue weighted by Crippen LogP contribution is 2.31. The standard InChI is InChI=1S/C36H37FN4O5/c1-5-8-33-31(19-25-12-11-24(20-32(25)37)29-9-6-7-10-30(29)34-39-36(43)46-40-34)35(42)41(23(4)38-33)26-13-15-27(16-14-26)45-28-17-21(2)44-22(3)18-28/h6-7,9-16,20-22,28H,5,8,17-19H2,1-4H3,(H,39,40,43)/t21-,22+,28+. The normalized spacial score (nSPS) is 18.1. The lowest BCUT2D eigenvalue weighted by atomic mass is 9.95. The number of aryl methyl sites for hydroxylation is 2. The number of nitrogens with one attached hydrogen (secondary N) is 1. The van der Waals surface area contributed by atoms with E-state index in [-0.39, 0.29) is 36.1 Å². The van der Waals surface area contributed by atoms with Gasteiger partial charge in [0.2, 0.25) is 0 Å². The van der Waals surface area contributed by atoms with Crippen LogP contribution in [-0.2, 0) is 17.6 Å². The zero-order valence-electron chi connectivity index (χ0n) is 26.4. The van der Waals surface area contributed by atoms with Gasteiger partial charge in [0.15, 0.2) is 5.82 Å². The molecule has 3 aromatic carbocycles. The predicted molar refractivity (Wildman–Crippen MR) is 173 cm³/mol. The molecule has 0 radical (unpaired) electrons. The van der Waals surface area contributed by atoms with E-state index in [2.05, 4.69) is 28.5 Å². The van der Waals surface area contributed by atoms with E-state index in [0.717, 1.165) is 25.0 Å². The SMILES string of the molecule is CCCc1nc(C)n(-c2ccc(O[C@H]3C[C@@H](C)O[C@@H](C)C3)cc2)c(=O)c1Cc1ccc(-c2ccccc2-c2noc(=O)[nH]2)cc1F. The summed E-state index contributed by atoms with van der Waals surface area (Å²) in [4.78, 5) is 33.0. The van der Waals surface area contributed by atoms with E-state index in [1.165, 1.54) is 6.07 Å². The first-order valence-corrected chi connectivity index (χ1v) is 15.7. The predicted octanol–water partition coefficient (Wildman–Crippen LogP) is 6.57. The summed E-state index contributed by atoms with van der Waals surface area (Å²) in [5, 5.41) is 3.79. The molecule has 1 N–H and O–H groups in total. The third-order valence-corrected chi connectivity index (χ3v) is 8.32. The number of hydrogen-bond acceptors (Lipinski definition) is 7. The Morgan fingerprint density at radius 2 is 1.72 bits per heavy atom. The maximum Gasteiger partial charge on any atom is 0.439 e. The van der Waals surface area contributed by atoms with E-state index >= 15 is 4.39 Å². The van der Waals surface area contributed by atoms with Crippen molar-refractivity contribution in [1.82, 2.24) is 19.7 Å². The van der Waals surface area contributed by atoms with Crippen LogP contribution in [0.2, 0.25) is 0 Å². The number of hydrogen-bond donors (Lipinski definition) is 1. The minimum atomic E-state index is -0.671. The van der Waals surface area contributed by atoms with Gasteiger partial charge in [-0.05, 0) is 74.2 Å². The highest BCUT2D eigenvalue weighted by atomic mass is 19.1. The Balaban J connectivity index is 1.30. The lowest BCUT2D eigenvalue weighted by molar-refractivity contribution is -0.0721. The molecule has 0 bridgehead atoms. The number of aromatic amines is 1. The van der Waals surface area contributed by atoms with Crippen molar-refractivity contribution in [3.05, 3.63) is 116 Å². The first-order valence-electron chi connectivity index (χ1n) is 15.7. The zero-order chi connectivity index (χ0) is 32.4. The second-order valence-corrected chi connectivity index (χ2v) is 11.9. The molecule has 9 nitrogen and oxygen atoms in total. The van der Waals surface area contributed by atoms with Crippen LogP contribution in [0.25, 0.3) is 28.2 Å². The number of benzene rings is 3. The molecule has 1 aliphatic heterocycles. The summed E-state index contributed by atoms with van der Waals surface area (Å²) >= 11 is 0. The van der Waals surface area contributed by atoms with E-state index in [9.17, 15) is 9.59 Å². The van der Waals surface area contributed by atoms with Gasteiger partial charge in [-0.25, -0.2) is 14.2 Å². The summed E-state index contributed by atoms with van der Waals surface area (Å²) in [6, 6.07) is 19.6. The van der Waals surface area contributed by atoms with Gasteiger partial charge < -0.3 is 9.47 Å². The topological polar surface area (TPSA) is 112 Å². The molecule has 0 amide bonds. The van der Waals surface area contributed by atoms with Gasteiger partial charge in [0.05, 0.1) is 23.6 Å². The first-order chi connectivity index (χ1) is 22.2. The molecule has 0 aliphatic carbocycles. The number of rotatable bonds is 9. The summed E-state index contributed by atoms with van der Waals surface area (Å²) in [5.74, 6) is 0.433. The molecule has 6 rings (SSSR count). The van der Waals surface area contributed by atoms with Gasteiger partial charge in [0.25, 0.3) is 5.56 Å². The molecular weight excluding hydrogens is 587 g/mol. The molecule has 0 saturated carbocycles. The zero-order valence-corrected chi connectivity index (χ0v) is 26.4. The largest absolute Gasteiger partial charge is 0.490 e. The van der Waals surface area contributed by atoms with Crippen LogP contribution in [0.1, 0.15) is 62.7 Å². The molecule has 0 unspecified atom stereocenters. The lowest BCUT2D eigenvalue weighted by Crippen LogP contribution is -2.35. The molecule has 2 aromatic heterocycles. The van der Waals surface area contributed by atoms with Crippen molar-refractivity contribution in [2.75, 3.05) is 0 Å². The minimum Gasteiger partial charge on any atom is -0.490 e. The van der Waals surface area contributed by atoms with Crippen molar-refractivity contribution in [2.45, 2.75) is 78.1 Å². The van der Waals surface area contributed by atoms with E-state index in [0.29, 0.717) is 51.4 Å². The molecule has 0 spiro atoms. The average Bonchev–Trinajstić information content (AvgIpc) is 3.46. The number of nitrogens with zero attached hydrogens (tertiary/aromatic N) is 3. The molecule has 1 fully saturated rings. The third-order valence-electron chi connectivity index (χ3n) is 8.32. The van der Waals surface area contributed by atoms with E-state index < -0.39 is 11.6 Å². The number of halogens is 1.